The predicted molar refractivity (Wildman–Crippen MR) is 80.8 cm³/mol. The zero-order valence-electron chi connectivity index (χ0n) is 14.3. The van der Waals surface area contributed by atoms with Crippen LogP contribution in [0.2, 0.25) is 0 Å². The smallest absolute Gasteiger partial charge is 0.217 e. The Labute approximate surface area is 140 Å². The Morgan fingerprint density at radius 3 is 2.29 bits per heavy atom. The molecule has 0 spiro atoms. The molecule has 0 radical (unpaired) electrons. The molecule has 2 rings (SSSR count). The molecule has 24 heavy (non-hydrogen) atoms. The molecule has 9 nitrogen and oxygen atoms in total. The molecular weight excluding hydrogens is 322 g/mol. The molecule has 2 aliphatic rings. The first kappa shape index (κ1) is 19.5. The fourth-order valence-electron chi connectivity index (χ4n) is 2.98. The minimum Gasteiger partial charge on any atom is -0.390 e. The standard InChI is InChI=1S/C15H27NO8/c1-6-9(18)5-10(19)14(22-6)24-13-11(16-8(3)17)15(21-4)23-7(2)12(13)20/h6-7,9-15,18-20H,5H2,1-4H3,(H,16,17)/t6-,7-,9+,10+,11-,12+,13-,14+,15-/m1/s1. The molecule has 0 aromatic heterocycles. The molecule has 9 heteroatoms. The van der Waals surface area contributed by atoms with Gasteiger partial charge >= 0.3 is 0 Å². The van der Waals surface area contributed by atoms with Gasteiger partial charge in [0.15, 0.2) is 12.6 Å². The lowest BCUT2D eigenvalue weighted by Gasteiger charge is -2.46. The van der Waals surface area contributed by atoms with Gasteiger partial charge < -0.3 is 39.6 Å². The van der Waals surface area contributed by atoms with Crippen LogP contribution in [-0.2, 0) is 23.7 Å². The van der Waals surface area contributed by atoms with E-state index in [0.717, 1.165) is 0 Å². The van der Waals surface area contributed by atoms with Crippen molar-refractivity contribution in [1.82, 2.24) is 5.32 Å². The summed E-state index contributed by atoms with van der Waals surface area (Å²) in [6, 6.07) is -0.781. The van der Waals surface area contributed by atoms with Gasteiger partial charge in [-0.15, -0.1) is 0 Å². The minimum absolute atomic E-state index is 0.0964. The molecule has 2 saturated heterocycles. The summed E-state index contributed by atoms with van der Waals surface area (Å²) in [5.41, 5.74) is 0. The fraction of sp³-hybridized carbons (Fsp3) is 0.933. The van der Waals surface area contributed by atoms with Crippen molar-refractivity contribution in [2.75, 3.05) is 7.11 Å². The van der Waals surface area contributed by atoms with E-state index >= 15 is 0 Å². The first-order valence-corrected chi connectivity index (χ1v) is 8.05. The van der Waals surface area contributed by atoms with Crippen LogP contribution in [0.4, 0.5) is 0 Å². The van der Waals surface area contributed by atoms with Crippen molar-refractivity contribution in [2.24, 2.45) is 0 Å². The number of aliphatic hydroxyl groups is 3. The third kappa shape index (κ3) is 4.23. The third-order valence-electron chi connectivity index (χ3n) is 4.39. The summed E-state index contributed by atoms with van der Waals surface area (Å²) in [6.07, 6.45) is -6.71. The average molecular weight is 349 g/mol. The second kappa shape index (κ2) is 8.05. The van der Waals surface area contributed by atoms with E-state index in [1.54, 1.807) is 13.8 Å². The normalized spacial score (nSPS) is 46.5. The highest BCUT2D eigenvalue weighted by molar-refractivity contribution is 5.73. The van der Waals surface area contributed by atoms with E-state index in [-0.39, 0.29) is 12.3 Å². The Morgan fingerprint density at radius 1 is 1.08 bits per heavy atom. The highest BCUT2D eigenvalue weighted by Crippen LogP contribution is 2.29. The molecule has 0 unspecified atom stereocenters. The van der Waals surface area contributed by atoms with Gasteiger partial charge in [-0.3, -0.25) is 4.79 Å². The molecule has 1 amide bonds. The lowest BCUT2D eigenvalue weighted by molar-refractivity contribution is -0.321. The molecule has 2 fully saturated rings. The first-order valence-electron chi connectivity index (χ1n) is 8.05. The molecule has 4 N–H and O–H groups in total. The largest absolute Gasteiger partial charge is 0.390 e. The Bertz CT molecular complexity index is 436. The van der Waals surface area contributed by atoms with Crippen molar-refractivity contribution < 1.29 is 39.1 Å². The van der Waals surface area contributed by atoms with Crippen LogP contribution in [0.3, 0.4) is 0 Å². The van der Waals surface area contributed by atoms with Gasteiger partial charge in [0, 0.05) is 20.5 Å². The molecule has 0 bridgehead atoms. The Balaban J connectivity index is 2.16. The van der Waals surface area contributed by atoms with Crippen molar-refractivity contribution in [3.63, 3.8) is 0 Å². The molecule has 0 saturated carbocycles. The number of hydrogen-bond donors (Lipinski definition) is 4. The summed E-state index contributed by atoms with van der Waals surface area (Å²) in [5, 5.41) is 32.9. The number of nitrogens with one attached hydrogen (secondary N) is 1. The van der Waals surface area contributed by atoms with E-state index in [4.69, 9.17) is 18.9 Å². The summed E-state index contributed by atoms with van der Waals surface area (Å²) in [4.78, 5) is 11.5. The SMILES string of the molecule is CO[C@@H]1O[C@H](C)[C@H](O)[C@H](O[C@@H]2O[C@H](C)[C@@H](O)C[C@@H]2O)[C@H]1NC(C)=O. The maximum atomic E-state index is 11.5. The van der Waals surface area contributed by atoms with Gasteiger partial charge in [0.05, 0.1) is 18.3 Å². The van der Waals surface area contributed by atoms with Gasteiger partial charge in [-0.2, -0.15) is 0 Å². The highest BCUT2D eigenvalue weighted by Gasteiger charge is 2.48. The number of aliphatic hydroxyl groups excluding tert-OH is 3. The molecule has 140 valence electrons. The van der Waals surface area contributed by atoms with Crippen molar-refractivity contribution in [3.8, 4) is 0 Å². The zero-order valence-corrected chi connectivity index (χ0v) is 14.3. The van der Waals surface area contributed by atoms with Crippen LogP contribution in [0.15, 0.2) is 0 Å². The number of ether oxygens (including phenoxy) is 4. The van der Waals surface area contributed by atoms with E-state index in [9.17, 15) is 20.1 Å². The predicted octanol–water partition coefficient (Wildman–Crippen LogP) is -1.51. The Kier molecular flexibility index (Phi) is 6.54. The quantitative estimate of drug-likeness (QED) is 0.482. The maximum Gasteiger partial charge on any atom is 0.217 e. The topological polar surface area (TPSA) is 127 Å². The molecule has 2 heterocycles. The van der Waals surface area contributed by atoms with Crippen LogP contribution in [0, 0.1) is 0 Å². The monoisotopic (exact) mass is 349 g/mol. The van der Waals surface area contributed by atoms with Gasteiger partial charge in [0.1, 0.15) is 24.4 Å². The summed E-state index contributed by atoms with van der Waals surface area (Å²) in [7, 11) is 1.42. The molecule has 0 aromatic rings. The molecule has 9 atom stereocenters. The molecule has 0 aliphatic carbocycles. The van der Waals surface area contributed by atoms with Crippen LogP contribution >= 0.6 is 0 Å². The van der Waals surface area contributed by atoms with Crippen molar-refractivity contribution >= 4 is 5.91 Å². The van der Waals surface area contributed by atoms with E-state index in [2.05, 4.69) is 5.32 Å². The Hall–Kier alpha value is -0.810. The first-order chi connectivity index (χ1) is 11.2. The van der Waals surface area contributed by atoms with E-state index in [1.165, 1.54) is 14.0 Å². The summed E-state index contributed by atoms with van der Waals surface area (Å²) in [5.74, 6) is -0.338. The lowest BCUT2D eigenvalue weighted by Crippen LogP contribution is -2.65. The molecule has 0 aromatic carbocycles. The summed E-state index contributed by atoms with van der Waals surface area (Å²) >= 11 is 0. The number of hydrogen-bond acceptors (Lipinski definition) is 8. The van der Waals surface area contributed by atoms with Crippen molar-refractivity contribution in [1.29, 1.82) is 0 Å². The van der Waals surface area contributed by atoms with Crippen LogP contribution in [-0.4, -0.2) is 83.6 Å². The fourth-order valence-corrected chi connectivity index (χ4v) is 2.98. The summed E-state index contributed by atoms with van der Waals surface area (Å²) in [6.45, 7) is 4.65. The second-order valence-electron chi connectivity index (χ2n) is 6.34. The number of carbonyl (C=O) groups excluding carboxylic acids is 1. The van der Waals surface area contributed by atoms with Crippen LogP contribution in [0.25, 0.3) is 0 Å². The maximum absolute atomic E-state index is 11.5. The number of rotatable bonds is 4. The number of amides is 1. The van der Waals surface area contributed by atoms with Gasteiger partial charge in [-0.25, -0.2) is 0 Å². The summed E-state index contributed by atoms with van der Waals surface area (Å²) < 4.78 is 22.0. The van der Waals surface area contributed by atoms with Gasteiger partial charge in [-0.1, -0.05) is 0 Å². The minimum atomic E-state index is -1.06. The molecule has 2 aliphatic heterocycles. The van der Waals surface area contributed by atoms with E-state index < -0.39 is 55.2 Å². The van der Waals surface area contributed by atoms with Crippen LogP contribution < -0.4 is 5.32 Å². The third-order valence-corrected chi connectivity index (χ3v) is 4.39. The van der Waals surface area contributed by atoms with Gasteiger partial charge in [0.2, 0.25) is 5.91 Å². The molecular formula is C15H27NO8. The Morgan fingerprint density at radius 2 is 1.71 bits per heavy atom. The lowest BCUT2D eigenvalue weighted by atomic mass is 9.96. The van der Waals surface area contributed by atoms with E-state index in [1.807, 2.05) is 0 Å². The second-order valence-corrected chi connectivity index (χ2v) is 6.34. The van der Waals surface area contributed by atoms with Crippen molar-refractivity contribution in [3.05, 3.63) is 0 Å². The zero-order chi connectivity index (χ0) is 18.0. The highest BCUT2D eigenvalue weighted by atomic mass is 16.7. The van der Waals surface area contributed by atoms with Crippen molar-refractivity contribution in [2.45, 2.75) is 82.4 Å². The van der Waals surface area contributed by atoms with Gasteiger partial charge in [0.25, 0.3) is 0 Å². The van der Waals surface area contributed by atoms with E-state index in [0.29, 0.717) is 0 Å². The number of methoxy groups -OCH3 is 1. The number of carbonyl (C=O) groups is 1. The van der Waals surface area contributed by atoms with Gasteiger partial charge in [-0.05, 0) is 13.8 Å². The average Bonchev–Trinajstić information content (AvgIpc) is 2.51. The van der Waals surface area contributed by atoms with Crippen LogP contribution in [0.1, 0.15) is 27.2 Å². The van der Waals surface area contributed by atoms with Crippen LogP contribution in [0.5, 0.6) is 0 Å².